The molecule has 0 spiro atoms. The van der Waals surface area contributed by atoms with E-state index in [0.29, 0.717) is 19.4 Å². The molecule has 0 radical (unpaired) electrons. The molecule has 0 aromatic carbocycles. The van der Waals surface area contributed by atoms with Gasteiger partial charge < -0.3 is 19.3 Å². The minimum atomic E-state index is -4.52. The Morgan fingerprint density at radius 3 is 2.42 bits per heavy atom. The molecular formula is C12H17N2NaO7S2. The number of aromatic amines is 2. The van der Waals surface area contributed by atoms with Crippen molar-refractivity contribution in [2.24, 2.45) is 0 Å². The van der Waals surface area contributed by atoms with E-state index < -0.39 is 20.6 Å². The van der Waals surface area contributed by atoms with E-state index in [2.05, 4.69) is 9.97 Å². The third-order valence-electron chi connectivity index (χ3n) is 2.77. The number of ether oxygens (including phenoxy) is 1. The van der Waals surface area contributed by atoms with Crippen LogP contribution in [-0.4, -0.2) is 41.3 Å². The van der Waals surface area contributed by atoms with Crippen molar-refractivity contribution in [3.05, 3.63) is 21.9 Å². The maximum Gasteiger partial charge on any atom is 1.00 e. The number of ketones is 1. The Kier molecular flexibility index (Phi) is 10.8. The average molecular weight is 388 g/mol. The largest absolute Gasteiger partial charge is 1.00 e. The van der Waals surface area contributed by atoms with Gasteiger partial charge in [-0.2, -0.15) is 0 Å². The molecule has 0 aliphatic heterocycles. The molecule has 0 saturated carbocycles. The molecule has 0 amide bonds. The second kappa shape index (κ2) is 11.1. The van der Waals surface area contributed by atoms with Gasteiger partial charge in [-0.25, -0.2) is 13.2 Å². The molecule has 1 heterocycles. The first kappa shape index (κ1) is 23.4. The molecule has 0 unspecified atom stereocenters. The quantitative estimate of drug-likeness (QED) is 0.114. The van der Waals surface area contributed by atoms with Crippen molar-refractivity contribution >= 4 is 31.7 Å². The van der Waals surface area contributed by atoms with Gasteiger partial charge in [-0.15, -0.1) is 0 Å². The van der Waals surface area contributed by atoms with Gasteiger partial charge in [0.2, 0.25) is 0 Å². The molecule has 0 fully saturated rings. The first-order chi connectivity index (χ1) is 10.7. The summed E-state index contributed by atoms with van der Waals surface area (Å²) in [6.45, 7) is 2.00. The third-order valence-corrected chi connectivity index (χ3v) is 4.69. The van der Waals surface area contributed by atoms with Crippen LogP contribution in [-0.2, 0) is 24.4 Å². The van der Waals surface area contributed by atoms with Crippen molar-refractivity contribution in [2.45, 2.75) is 38.4 Å². The van der Waals surface area contributed by atoms with Crippen LogP contribution in [0.3, 0.4) is 0 Å². The van der Waals surface area contributed by atoms with Gasteiger partial charge >= 0.3 is 41.2 Å². The number of Topliss-reactive ketones (excluding diaryl/α,β-unsaturated/α-hetero) is 1. The number of imidazole rings is 1. The summed E-state index contributed by atoms with van der Waals surface area (Å²) >= 11 is 0. The normalized spacial score (nSPS) is 10.9. The van der Waals surface area contributed by atoms with Gasteiger partial charge in [0, 0.05) is 12.8 Å². The van der Waals surface area contributed by atoms with Crippen molar-refractivity contribution in [3.8, 4) is 0 Å². The Bertz CT molecular complexity index is 711. The molecule has 0 aliphatic rings. The Morgan fingerprint density at radius 1 is 1.21 bits per heavy atom. The number of aromatic nitrogens is 2. The number of hydrogen-bond donors (Lipinski definition) is 2. The number of esters is 1. The van der Waals surface area contributed by atoms with Gasteiger partial charge in [-0.3, -0.25) is 9.59 Å². The summed E-state index contributed by atoms with van der Waals surface area (Å²) in [7, 11) is -4.44. The first-order valence-electron chi connectivity index (χ1n) is 6.83. The van der Waals surface area contributed by atoms with E-state index in [-0.39, 0.29) is 76.3 Å². The molecule has 2 N–H and O–H groups in total. The van der Waals surface area contributed by atoms with Crippen molar-refractivity contribution in [1.29, 1.82) is 0 Å². The molecule has 0 atom stereocenters. The summed E-state index contributed by atoms with van der Waals surface area (Å²) in [4.78, 5) is 39.0. The van der Waals surface area contributed by atoms with E-state index in [0.717, 1.165) is 0 Å². The standard InChI is InChI=1S/C12H18N2O7S2.Na/c1-2-21-10(16)6-4-3-5-9(15)11-8(13-12(17)14-11)7-22-23(18,19)20;/h2-7H2,1H3,(H2,13,14,17)(H,18,19,20);/q;+1/p-1. The Morgan fingerprint density at radius 2 is 1.83 bits per heavy atom. The smallest absolute Gasteiger partial charge is 0.739 e. The summed E-state index contributed by atoms with van der Waals surface area (Å²) < 4.78 is 36.5. The van der Waals surface area contributed by atoms with Crippen molar-refractivity contribution < 1.29 is 56.9 Å². The van der Waals surface area contributed by atoms with Gasteiger partial charge in [-0.1, -0.05) is 0 Å². The van der Waals surface area contributed by atoms with Crippen LogP contribution in [0.25, 0.3) is 0 Å². The zero-order valence-corrected chi connectivity index (χ0v) is 17.0. The predicted molar refractivity (Wildman–Crippen MR) is 81.8 cm³/mol. The molecule has 0 aliphatic carbocycles. The SMILES string of the molecule is CCOC(=O)CCCCC(=O)c1[nH]c(=O)[nH]c1CSS(=O)(=O)[O-].[Na+]. The summed E-state index contributed by atoms with van der Waals surface area (Å²) in [5, 5.41) is 0. The summed E-state index contributed by atoms with van der Waals surface area (Å²) in [6.07, 6.45) is 1.15. The third kappa shape index (κ3) is 9.04. The monoisotopic (exact) mass is 388 g/mol. The fourth-order valence-electron chi connectivity index (χ4n) is 1.81. The zero-order chi connectivity index (χ0) is 17.5. The van der Waals surface area contributed by atoms with Crippen LogP contribution in [0.15, 0.2) is 4.79 Å². The summed E-state index contributed by atoms with van der Waals surface area (Å²) in [6, 6.07) is 0. The van der Waals surface area contributed by atoms with Gasteiger partial charge in [0.05, 0.1) is 18.1 Å². The molecule has 1 rings (SSSR count). The van der Waals surface area contributed by atoms with Gasteiger partial charge in [-0.05, 0) is 30.6 Å². The van der Waals surface area contributed by atoms with E-state index in [1.54, 1.807) is 6.92 Å². The molecule has 1 aromatic rings. The molecule has 9 nitrogen and oxygen atoms in total. The van der Waals surface area contributed by atoms with Crippen LogP contribution in [0.2, 0.25) is 0 Å². The molecule has 130 valence electrons. The number of carbonyl (C=O) groups is 2. The predicted octanol–water partition coefficient (Wildman–Crippen LogP) is -2.29. The van der Waals surface area contributed by atoms with E-state index in [1.165, 1.54) is 0 Å². The van der Waals surface area contributed by atoms with Gasteiger partial charge in [0.25, 0.3) is 0 Å². The summed E-state index contributed by atoms with van der Waals surface area (Å²) in [5.41, 5.74) is -0.629. The van der Waals surface area contributed by atoms with Crippen molar-refractivity contribution in [2.75, 3.05) is 6.61 Å². The van der Waals surface area contributed by atoms with E-state index in [1.807, 2.05) is 0 Å². The van der Waals surface area contributed by atoms with E-state index in [4.69, 9.17) is 4.74 Å². The number of rotatable bonds is 10. The van der Waals surface area contributed by atoms with Crippen molar-refractivity contribution in [1.82, 2.24) is 9.97 Å². The topological polar surface area (TPSA) is 149 Å². The fourth-order valence-corrected chi connectivity index (χ4v) is 3.08. The van der Waals surface area contributed by atoms with Crippen LogP contribution in [0, 0.1) is 0 Å². The Labute approximate surface area is 164 Å². The van der Waals surface area contributed by atoms with Crippen LogP contribution in [0.4, 0.5) is 0 Å². The minimum Gasteiger partial charge on any atom is -0.739 e. The minimum absolute atomic E-state index is 0. The fraction of sp³-hybridized carbons (Fsp3) is 0.583. The molecule has 0 saturated heterocycles. The Balaban J connectivity index is 0.00000529. The molecule has 24 heavy (non-hydrogen) atoms. The second-order valence-corrected chi connectivity index (χ2v) is 7.81. The van der Waals surface area contributed by atoms with Crippen LogP contribution in [0.1, 0.15) is 48.8 Å². The maximum absolute atomic E-state index is 12.0. The maximum atomic E-state index is 12.0. The van der Waals surface area contributed by atoms with E-state index in [9.17, 15) is 27.4 Å². The molecule has 12 heteroatoms. The van der Waals surface area contributed by atoms with Crippen LogP contribution in [0.5, 0.6) is 0 Å². The zero-order valence-electron chi connectivity index (χ0n) is 13.4. The number of hydrogen-bond acceptors (Lipinski definition) is 8. The van der Waals surface area contributed by atoms with E-state index >= 15 is 0 Å². The van der Waals surface area contributed by atoms with Crippen LogP contribution < -0.4 is 35.2 Å². The molecular weight excluding hydrogens is 371 g/mol. The van der Waals surface area contributed by atoms with Crippen LogP contribution >= 0.6 is 10.8 Å². The first-order valence-corrected chi connectivity index (χ1v) is 9.74. The average Bonchev–Trinajstić information content (AvgIpc) is 2.82. The molecule has 0 bridgehead atoms. The van der Waals surface area contributed by atoms with Crippen molar-refractivity contribution in [3.63, 3.8) is 0 Å². The summed E-state index contributed by atoms with van der Waals surface area (Å²) in [5.74, 6) is -1.06. The number of nitrogens with one attached hydrogen (secondary N) is 2. The number of unbranched alkanes of at least 4 members (excludes halogenated alkanes) is 1. The van der Waals surface area contributed by atoms with Gasteiger partial charge in [0.15, 0.2) is 5.78 Å². The Hall–Kier alpha value is -0.590. The van der Waals surface area contributed by atoms with Gasteiger partial charge in [0.1, 0.15) is 14.8 Å². The number of H-pyrrole nitrogens is 2. The molecule has 1 aromatic heterocycles. The second-order valence-electron chi connectivity index (χ2n) is 4.54. The number of carbonyl (C=O) groups excluding carboxylic acids is 2.